The lowest BCUT2D eigenvalue weighted by Gasteiger charge is -2.25. The number of fused-ring (bicyclic) bond motifs is 2. The molecular weight excluding hydrogens is 431 g/mol. The summed E-state index contributed by atoms with van der Waals surface area (Å²) >= 11 is 0. The lowest BCUT2D eigenvalue weighted by Crippen LogP contribution is -2.37. The summed E-state index contributed by atoms with van der Waals surface area (Å²) in [6.45, 7) is 7.21. The Morgan fingerprint density at radius 3 is 2.50 bits per heavy atom. The normalized spacial score (nSPS) is 24.4. The lowest BCUT2D eigenvalue weighted by atomic mass is 10.0. The summed E-state index contributed by atoms with van der Waals surface area (Å²) < 4.78 is 16.6. The SMILES string of the molecule is CC1=NC(N2CC3CN(C(=O)c4nc5ccccn5c4-c4ccccc4F)CC3C2)=NC(C)C1. The van der Waals surface area contributed by atoms with Gasteiger partial charge >= 0.3 is 0 Å². The monoisotopic (exact) mass is 458 g/mol. The number of amides is 1. The molecule has 1 aromatic carbocycles. The highest BCUT2D eigenvalue weighted by Crippen LogP contribution is 2.35. The van der Waals surface area contributed by atoms with E-state index in [1.54, 1.807) is 22.6 Å². The Hall–Kier alpha value is -3.55. The first-order valence-corrected chi connectivity index (χ1v) is 11.9. The summed E-state index contributed by atoms with van der Waals surface area (Å²) in [5, 5.41) is 0. The molecule has 0 aliphatic carbocycles. The molecule has 6 rings (SSSR count). The van der Waals surface area contributed by atoms with Crippen LogP contribution < -0.4 is 0 Å². The molecule has 5 heterocycles. The lowest BCUT2D eigenvalue weighted by molar-refractivity contribution is 0.0774. The molecule has 3 atom stereocenters. The number of pyridine rings is 1. The van der Waals surface area contributed by atoms with E-state index in [9.17, 15) is 9.18 Å². The standard InChI is InChI=1S/C26H27FN6O/c1-16-11-17(2)29-26(28-16)32-14-18-12-31(13-19(18)15-32)25(34)23-24(20-7-3-4-8-21(20)27)33-10-6-5-9-22(33)30-23/h3-10,16,18-19H,11-15H2,1-2H3. The van der Waals surface area contributed by atoms with Crippen molar-refractivity contribution < 1.29 is 9.18 Å². The number of carbonyl (C=O) groups excluding carboxylic acids is 1. The third-order valence-corrected chi connectivity index (χ3v) is 7.14. The van der Waals surface area contributed by atoms with Gasteiger partial charge in [0.2, 0.25) is 5.96 Å². The van der Waals surface area contributed by atoms with Crippen LogP contribution in [0.3, 0.4) is 0 Å². The van der Waals surface area contributed by atoms with Crippen LogP contribution in [-0.2, 0) is 0 Å². The molecule has 0 saturated carbocycles. The minimum Gasteiger partial charge on any atom is -0.340 e. The van der Waals surface area contributed by atoms with E-state index in [0.29, 0.717) is 47.5 Å². The van der Waals surface area contributed by atoms with Crippen molar-refractivity contribution in [1.29, 1.82) is 0 Å². The van der Waals surface area contributed by atoms with Crippen LogP contribution in [0.4, 0.5) is 4.39 Å². The van der Waals surface area contributed by atoms with Gasteiger partial charge in [-0.25, -0.2) is 19.4 Å². The average Bonchev–Trinajstić information content (AvgIpc) is 3.50. The first-order chi connectivity index (χ1) is 16.5. The van der Waals surface area contributed by atoms with Gasteiger partial charge in [0, 0.05) is 61.9 Å². The van der Waals surface area contributed by atoms with Crippen molar-refractivity contribution in [3.63, 3.8) is 0 Å². The fourth-order valence-electron chi connectivity index (χ4n) is 5.60. The topological polar surface area (TPSA) is 65.6 Å². The molecule has 3 unspecified atom stereocenters. The molecule has 0 spiro atoms. The Labute approximate surface area is 197 Å². The van der Waals surface area contributed by atoms with Gasteiger partial charge in [-0.05, 0) is 38.1 Å². The van der Waals surface area contributed by atoms with E-state index in [-0.39, 0.29) is 17.8 Å². The van der Waals surface area contributed by atoms with Gasteiger partial charge in [0.15, 0.2) is 5.69 Å². The van der Waals surface area contributed by atoms with Crippen molar-refractivity contribution in [2.75, 3.05) is 26.2 Å². The average molecular weight is 459 g/mol. The highest BCUT2D eigenvalue weighted by Gasteiger charge is 2.44. The number of hydrogen-bond donors (Lipinski definition) is 0. The van der Waals surface area contributed by atoms with Crippen molar-refractivity contribution in [1.82, 2.24) is 19.2 Å². The molecule has 0 N–H and O–H groups in total. The predicted octanol–water partition coefficient (Wildman–Crippen LogP) is 3.75. The van der Waals surface area contributed by atoms with Gasteiger partial charge in [-0.3, -0.25) is 9.20 Å². The van der Waals surface area contributed by atoms with E-state index in [0.717, 1.165) is 31.2 Å². The Kier molecular flexibility index (Phi) is 4.97. The molecule has 0 bridgehead atoms. The zero-order valence-corrected chi connectivity index (χ0v) is 19.4. The number of rotatable bonds is 2. The van der Waals surface area contributed by atoms with Gasteiger partial charge in [0.1, 0.15) is 11.5 Å². The maximum absolute atomic E-state index is 14.8. The largest absolute Gasteiger partial charge is 0.340 e. The molecule has 3 aliphatic heterocycles. The van der Waals surface area contributed by atoms with E-state index >= 15 is 0 Å². The van der Waals surface area contributed by atoms with Crippen LogP contribution in [0.25, 0.3) is 16.9 Å². The first kappa shape index (κ1) is 21.0. The van der Waals surface area contributed by atoms with Gasteiger partial charge in [-0.15, -0.1) is 0 Å². The molecular formula is C26H27FN6O. The van der Waals surface area contributed by atoms with Crippen LogP contribution in [0.5, 0.6) is 0 Å². The van der Waals surface area contributed by atoms with E-state index in [1.165, 1.54) is 6.07 Å². The number of halogens is 1. The van der Waals surface area contributed by atoms with Crippen LogP contribution in [0.2, 0.25) is 0 Å². The van der Waals surface area contributed by atoms with Gasteiger partial charge in [-0.1, -0.05) is 18.2 Å². The molecule has 8 heteroatoms. The Bertz CT molecular complexity index is 1330. The van der Waals surface area contributed by atoms with E-state index in [1.807, 2.05) is 29.3 Å². The van der Waals surface area contributed by atoms with Gasteiger partial charge in [-0.2, -0.15) is 0 Å². The van der Waals surface area contributed by atoms with Crippen LogP contribution in [0.1, 0.15) is 30.8 Å². The first-order valence-electron chi connectivity index (χ1n) is 11.9. The van der Waals surface area contributed by atoms with Crippen LogP contribution in [-0.4, -0.2) is 69.0 Å². The van der Waals surface area contributed by atoms with E-state index < -0.39 is 0 Å². The fraction of sp³-hybridized carbons (Fsp3) is 0.385. The molecule has 2 fully saturated rings. The van der Waals surface area contributed by atoms with Crippen molar-refractivity contribution in [3.05, 3.63) is 60.2 Å². The van der Waals surface area contributed by atoms with Crippen molar-refractivity contribution >= 4 is 23.2 Å². The molecule has 174 valence electrons. The number of benzene rings is 1. The zero-order valence-electron chi connectivity index (χ0n) is 19.4. The van der Waals surface area contributed by atoms with Crippen molar-refractivity contribution in [3.8, 4) is 11.3 Å². The van der Waals surface area contributed by atoms with Gasteiger partial charge in [0.05, 0.1) is 11.7 Å². The van der Waals surface area contributed by atoms with E-state index in [2.05, 4.69) is 28.7 Å². The minimum absolute atomic E-state index is 0.139. The van der Waals surface area contributed by atoms with Crippen LogP contribution in [0, 0.1) is 17.7 Å². The minimum atomic E-state index is -0.366. The summed E-state index contributed by atoms with van der Waals surface area (Å²) in [6.07, 6.45) is 2.74. The van der Waals surface area contributed by atoms with Crippen molar-refractivity contribution in [2.24, 2.45) is 21.8 Å². The fourth-order valence-corrected chi connectivity index (χ4v) is 5.60. The summed E-state index contributed by atoms with van der Waals surface area (Å²) in [4.78, 5) is 31.9. The quantitative estimate of drug-likeness (QED) is 0.588. The molecule has 3 aliphatic rings. The van der Waals surface area contributed by atoms with E-state index in [4.69, 9.17) is 4.99 Å². The molecule has 1 amide bonds. The van der Waals surface area contributed by atoms with Crippen molar-refractivity contribution in [2.45, 2.75) is 26.3 Å². The number of hydrogen-bond acceptors (Lipinski definition) is 5. The smallest absolute Gasteiger partial charge is 0.274 e. The maximum Gasteiger partial charge on any atom is 0.274 e. The molecule has 2 aromatic heterocycles. The molecule has 34 heavy (non-hydrogen) atoms. The number of imidazole rings is 1. The predicted molar refractivity (Wildman–Crippen MR) is 130 cm³/mol. The molecule has 0 radical (unpaired) electrons. The molecule has 3 aromatic rings. The summed E-state index contributed by atoms with van der Waals surface area (Å²) in [6, 6.07) is 12.4. The second-order valence-corrected chi connectivity index (χ2v) is 9.68. The van der Waals surface area contributed by atoms with Crippen LogP contribution >= 0.6 is 0 Å². The second-order valence-electron chi connectivity index (χ2n) is 9.68. The third-order valence-electron chi connectivity index (χ3n) is 7.14. The second kappa shape index (κ2) is 8.04. The van der Waals surface area contributed by atoms with Gasteiger partial charge < -0.3 is 9.80 Å². The third kappa shape index (κ3) is 3.48. The number of carbonyl (C=O) groups is 1. The molecule has 2 saturated heterocycles. The van der Waals surface area contributed by atoms with Gasteiger partial charge in [0.25, 0.3) is 5.91 Å². The summed E-state index contributed by atoms with van der Waals surface area (Å²) in [5.74, 6) is 1.07. The number of aromatic nitrogens is 2. The number of guanidine groups is 1. The number of nitrogens with zero attached hydrogens (tertiary/aromatic N) is 6. The molecule has 7 nitrogen and oxygen atoms in total. The number of aliphatic imine (C=N–C) groups is 2. The Balaban J connectivity index is 1.27. The summed E-state index contributed by atoms with van der Waals surface area (Å²) in [7, 11) is 0. The Morgan fingerprint density at radius 2 is 1.76 bits per heavy atom. The maximum atomic E-state index is 14.8. The van der Waals surface area contributed by atoms with Crippen LogP contribution in [0.15, 0.2) is 58.6 Å². The zero-order chi connectivity index (χ0) is 23.4. The highest BCUT2D eigenvalue weighted by molar-refractivity contribution is 6.00. The highest BCUT2D eigenvalue weighted by atomic mass is 19.1. The summed E-state index contributed by atoms with van der Waals surface area (Å²) in [5.41, 5.74) is 2.95. The number of likely N-dealkylation sites (tertiary alicyclic amines) is 2. The Morgan fingerprint density at radius 1 is 1.03 bits per heavy atom.